The molecule has 0 aromatic heterocycles. The number of amides is 2. The summed E-state index contributed by atoms with van der Waals surface area (Å²) in [5.74, 6) is -0.822. The summed E-state index contributed by atoms with van der Waals surface area (Å²) in [7, 11) is -7.34. The molecule has 0 bridgehead atoms. The van der Waals surface area contributed by atoms with Gasteiger partial charge in [0, 0.05) is 59.5 Å². The molecule has 48 heavy (non-hydrogen) atoms. The molecule has 10 nitrogen and oxygen atoms in total. The van der Waals surface area contributed by atoms with E-state index in [-0.39, 0.29) is 9.79 Å². The number of nitrogens with one attached hydrogen (secondary N) is 2. The Morgan fingerprint density at radius 1 is 0.500 bits per heavy atom. The van der Waals surface area contributed by atoms with Crippen LogP contribution in [0.15, 0.2) is 94.7 Å². The molecule has 0 aliphatic heterocycles. The van der Waals surface area contributed by atoms with Crippen molar-refractivity contribution in [1.29, 1.82) is 0 Å². The molecule has 4 aromatic carbocycles. The van der Waals surface area contributed by atoms with Gasteiger partial charge in [0.2, 0.25) is 20.0 Å². The Morgan fingerprint density at radius 3 is 1.10 bits per heavy atom. The van der Waals surface area contributed by atoms with Gasteiger partial charge in [-0.05, 0) is 86.3 Å². The van der Waals surface area contributed by atoms with Crippen LogP contribution in [0.3, 0.4) is 0 Å². The monoisotopic (exact) mass is 692 g/mol. The molecule has 0 saturated carbocycles. The highest BCUT2D eigenvalue weighted by Crippen LogP contribution is 2.30. The molecular formula is C36H44N4O6S2. The molecule has 0 aliphatic rings. The fourth-order valence-corrected chi connectivity index (χ4v) is 8.72. The van der Waals surface area contributed by atoms with Crippen LogP contribution in [0.25, 0.3) is 10.8 Å². The van der Waals surface area contributed by atoms with Crippen LogP contribution >= 0.6 is 0 Å². The maximum atomic E-state index is 13.2. The lowest BCUT2D eigenvalue weighted by atomic mass is 10.1. The minimum absolute atomic E-state index is 0.137. The second-order valence-electron chi connectivity index (χ2n) is 11.5. The van der Waals surface area contributed by atoms with Crippen molar-refractivity contribution in [3.8, 4) is 0 Å². The summed E-state index contributed by atoms with van der Waals surface area (Å²) in [6.45, 7) is 9.43. The Morgan fingerprint density at radius 2 is 0.812 bits per heavy atom. The van der Waals surface area contributed by atoms with E-state index in [2.05, 4.69) is 10.6 Å². The van der Waals surface area contributed by atoms with E-state index in [1.165, 1.54) is 57.1 Å². The minimum Gasteiger partial charge on any atom is -0.321 e. The maximum Gasteiger partial charge on any atom is 0.255 e. The Hall–Kier alpha value is -4.10. The highest BCUT2D eigenvalue weighted by molar-refractivity contribution is 7.89. The number of fused-ring (bicyclic) bond motifs is 1. The van der Waals surface area contributed by atoms with Crippen LogP contribution in [0, 0.1) is 0 Å². The van der Waals surface area contributed by atoms with Crippen molar-refractivity contribution in [2.75, 3.05) is 36.8 Å². The summed E-state index contributed by atoms with van der Waals surface area (Å²) in [5, 5.41) is 7.19. The molecule has 0 heterocycles. The SMILES string of the molecule is CCCN(CCC)S(=O)(=O)c1ccc(C(=O)Nc2cccc3c(NC(=O)c4ccc(S(=O)(=O)N(CCC)CCC)cc4)cccc23)cc1. The molecule has 0 spiro atoms. The predicted molar refractivity (Wildman–Crippen MR) is 191 cm³/mol. The zero-order chi connectivity index (χ0) is 34.9. The molecule has 2 N–H and O–H groups in total. The van der Waals surface area contributed by atoms with Gasteiger partial charge < -0.3 is 10.6 Å². The molecular weight excluding hydrogens is 649 g/mol. The Labute approximate surface area is 284 Å². The summed E-state index contributed by atoms with van der Waals surface area (Å²) in [4.78, 5) is 26.7. The van der Waals surface area contributed by atoms with Crippen LogP contribution in [-0.2, 0) is 20.0 Å². The average molecular weight is 693 g/mol. The van der Waals surface area contributed by atoms with Crippen molar-refractivity contribution >= 4 is 54.0 Å². The first-order valence-corrected chi connectivity index (χ1v) is 19.2. The van der Waals surface area contributed by atoms with Crippen molar-refractivity contribution in [3.63, 3.8) is 0 Å². The van der Waals surface area contributed by atoms with Crippen molar-refractivity contribution in [2.24, 2.45) is 0 Å². The van der Waals surface area contributed by atoms with Crippen LogP contribution in [0.1, 0.15) is 74.1 Å². The van der Waals surface area contributed by atoms with Gasteiger partial charge in [-0.1, -0.05) is 52.0 Å². The van der Waals surface area contributed by atoms with Crippen LogP contribution in [0.4, 0.5) is 11.4 Å². The van der Waals surface area contributed by atoms with E-state index in [9.17, 15) is 26.4 Å². The predicted octanol–water partition coefficient (Wildman–Crippen LogP) is 6.97. The molecule has 0 unspecified atom stereocenters. The number of hydrogen-bond acceptors (Lipinski definition) is 6. The lowest BCUT2D eigenvalue weighted by Gasteiger charge is -2.21. The first-order valence-electron chi connectivity index (χ1n) is 16.3. The summed E-state index contributed by atoms with van der Waals surface area (Å²) in [6.07, 6.45) is 2.81. The highest BCUT2D eigenvalue weighted by atomic mass is 32.2. The third-order valence-corrected chi connectivity index (χ3v) is 11.6. The maximum absolute atomic E-state index is 13.2. The van der Waals surface area contributed by atoms with Gasteiger partial charge in [0.1, 0.15) is 0 Å². The third-order valence-electron chi connectivity index (χ3n) is 7.82. The fraction of sp³-hybridized carbons (Fsp3) is 0.333. The van der Waals surface area contributed by atoms with Crippen LogP contribution in [0.2, 0.25) is 0 Å². The van der Waals surface area contributed by atoms with E-state index >= 15 is 0 Å². The molecule has 2 amide bonds. The van der Waals surface area contributed by atoms with Crippen molar-refractivity contribution < 1.29 is 26.4 Å². The Bertz CT molecular complexity index is 1790. The number of benzene rings is 4. The van der Waals surface area contributed by atoms with Gasteiger partial charge >= 0.3 is 0 Å². The van der Waals surface area contributed by atoms with Crippen LogP contribution in [-0.4, -0.2) is 63.4 Å². The number of rotatable bonds is 16. The van der Waals surface area contributed by atoms with Gasteiger partial charge in [-0.2, -0.15) is 8.61 Å². The van der Waals surface area contributed by atoms with E-state index in [4.69, 9.17) is 0 Å². The third kappa shape index (κ3) is 8.30. The lowest BCUT2D eigenvalue weighted by Crippen LogP contribution is -2.32. The van der Waals surface area contributed by atoms with E-state index in [1.54, 1.807) is 24.3 Å². The normalized spacial score (nSPS) is 12.0. The number of carbonyl (C=O) groups is 2. The smallest absolute Gasteiger partial charge is 0.255 e. The number of sulfonamides is 2. The molecule has 0 aliphatic carbocycles. The quantitative estimate of drug-likeness (QED) is 0.130. The average Bonchev–Trinajstić information content (AvgIpc) is 3.08. The van der Waals surface area contributed by atoms with Gasteiger partial charge in [0.15, 0.2) is 0 Å². The highest BCUT2D eigenvalue weighted by Gasteiger charge is 2.25. The topological polar surface area (TPSA) is 133 Å². The summed E-state index contributed by atoms with van der Waals surface area (Å²) >= 11 is 0. The number of nitrogens with zero attached hydrogens (tertiary/aromatic N) is 2. The first kappa shape index (κ1) is 36.7. The van der Waals surface area contributed by atoms with E-state index in [1.807, 2.05) is 39.8 Å². The van der Waals surface area contributed by atoms with Crippen LogP contribution < -0.4 is 10.6 Å². The molecule has 0 fully saturated rings. The zero-order valence-corrected chi connectivity index (χ0v) is 29.5. The summed E-state index contributed by atoms with van der Waals surface area (Å²) in [5.41, 5.74) is 1.62. The minimum atomic E-state index is -3.67. The lowest BCUT2D eigenvalue weighted by molar-refractivity contribution is 0.101. The molecule has 4 aromatic rings. The molecule has 0 radical (unpaired) electrons. The van der Waals surface area contributed by atoms with Gasteiger partial charge in [0.05, 0.1) is 9.79 Å². The Kier molecular flexibility index (Phi) is 12.5. The van der Waals surface area contributed by atoms with Gasteiger partial charge in [-0.15, -0.1) is 0 Å². The second kappa shape index (κ2) is 16.3. The largest absolute Gasteiger partial charge is 0.321 e. The molecule has 256 valence electrons. The van der Waals surface area contributed by atoms with Crippen molar-refractivity contribution in [2.45, 2.75) is 63.2 Å². The fourth-order valence-electron chi connectivity index (χ4n) is 5.47. The number of carbonyl (C=O) groups excluding carboxylic acids is 2. The van der Waals surface area contributed by atoms with Gasteiger partial charge in [0.25, 0.3) is 11.8 Å². The van der Waals surface area contributed by atoms with E-state index in [0.29, 0.717) is 85.1 Å². The molecule has 0 saturated heterocycles. The number of anilines is 2. The summed E-state index contributed by atoms with van der Waals surface area (Å²) in [6, 6.07) is 22.5. The zero-order valence-electron chi connectivity index (χ0n) is 27.9. The second-order valence-corrected chi connectivity index (χ2v) is 15.3. The molecule has 0 atom stereocenters. The Balaban J connectivity index is 1.51. The first-order chi connectivity index (χ1) is 23.0. The molecule has 4 rings (SSSR count). The van der Waals surface area contributed by atoms with E-state index < -0.39 is 31.9 Å². The standard InChI is InChI=1S/C36H44N4O6S2/c1-5-23-39(24-6-2)47(43,44)29-19-15-27(16-20-29)35(41)37-33-13-9-12-32-31(33)11-10-14-34(32)38-36(42)28-17-21-30(22-18-28)48(45,46)40(25-7-3)26-8-4/h9-22H,5-8,23-26H2,1-4H3,(H,37,41)(H,38,42). The molecule has 12 heteroatoms. The summed E-state index contributed by atoms with van der Waals surface area (Å²) < 4.78 is 55.4. The van der Waals surface area contributed by atoms with E-state index in [0.717, 1.165) is 0 Å². The number of hydrogen-bond donors (Lipinski definition) is 2. The van der Waals surface area contributed by atoms with Gasteiger partial charge in [-0.3, -0.25) is 9.59 Å². The van der Waals surface area contributed by atoms with Gasteiger partial charge in [-0.25, -0.2) is 16.8 Å². The van der Waals surface area contributed by atoms with Crippen molar-refractivity contribution in [3.05, 3.63) is 96.1 Å². The van der Waals surface area contributed by atoms with Crippen molar-refractivity contribution in [1.82, 2.24) is 8.61 Å². The van der Waals surface area contributed by atoms with Crippen LogP contribution in [0.5, 0.6) is 0 Å².